The van der Waals surface area contributed by atoms with Crippen molar-refractivity contribution in [2.75, 3.05) is 6.61 Å². The third-order valence-corrected chi connectivity index (χ3v) is 2.55. The van der Waals surface area contributed by atoms with Gasteiger partial charge in [0.1, 0.15) is 12.4 Å². The second kappa shape index (κ2) is 4.86. The number of halogens is 1. The van der Waals surface area contributed by atoms with Gasteiger partial charge < -0.3 is 9.84 Å². The molecule has 2 nitrogen and oxygen atoms in total. The monoisotopic (exact) mass is 228 g/mol. The first kappa shape index (κ1) is 12.3. The topological polar surface area (TPSA) is 29.5 Å². The van der Waals surface area contributed by atoms with E-state index in [1.54, 1.807) is 12.1 Å². The van der Waals surface area contributed by atoms with Gasteiger partial charge >= 0.3 is 0 Å². The average Bonchev–Trinajstić information content (AvgIpc) is 2.14. The fraction of sp³-hybridized carbons (Fsp3) is 0.500. The van der Waals surface area contributed by atoms with Crippen LogP contribution in [0.15, 0.2) is 24.3 Å². The fourth-order valence-electron chi connectivity index (χ4n) is 0.981. The molecule has 1 aromatic rings. The zero-order valence-electron chi connectivity index (χ0n) is 9.33. The van der Waals surface area contributed by atoms with Crippen LogP contribution in [-0.2, 0) is 0 Å². The van der Waals surface area contributed by atoms with Crippen LogP contribution in [0.2, 0.25) is 5.02 Å². The van der Waals surface area contributed by atoms with Gasteiger partial charge in [0, 0.05) is 0 Å². The van der Waals surface area contributed by atoms with Crippen LogP contribution in [0.1, 0.15) is 20.8 Å². The summed E-state index contributed by atoms with van der Waals surface area (Å²) in [5.41, 5.74) is -0.179. The Labute approximate surface area is 95.8 Å². The highest BCUT2D eigenvalue weighted by Crippen LogP contribution is 2.25. The molecule has 0 radical (unpaired) electrons. The van der Waals surface area contributed by atoms with Crippen molar-refractivity contribution in [2.24, 2.45) is 5.41 Å². The maximum absolute atomic E-state index is 9.77. The molecule has 1 N–H and O–H groups in total. The van der Waals surface area contributed by atoms with Gasteiger partial charge in [-0.2, -0.15) is 0 Å². The highest BCUT2D eigenvalue weighted by Gasteiger charge is 2.22. The van der Waals surface area contributed by atoms with Crippen LogP contribution in [0, 0.1) is 5.41 Å². The summed E-state index contributed by atoms with van der Waals surface area (Å²) in [5.74, 6) is 0.613. The normalized spacial score (nSPS) is 13.7. The molecule has 1 atom stereocenters. The molecule has 1 aromatic carbocycles. The largest absolute Gasteiger partial charge is 0.489 e. The average molecular weight is 229 g/mol. The third-order valence-electron chi connectivity index (χ3n) is 2.23. The van der Waals surface area contributed by atoms with Gasteiger partial charge in [0.05, 0.1) is 11.1 Å². The van der Waals surface area contributed by atoms with E-state index in [4.69, 9.17) is 16.3 Å². The molecule has 3 heteroatoms. The minimum atomic E-state index is -0.506. The van der Waals surface area contributed by atoms with Crippen molar-refractivity contribution in [1.82, 2.24) is 0 Å². The highest BCUT2D eigenvalue weighted by atomic mass is 35.5. The smallest absolute Gasteiger partial charge is 0.138 e. The Kier molecular flexibility index (Phi) is 4.00. The first-order chi connectivity index (χ1) is 6.91. The van der Waals surface area contributed by atoms with E-state index in [0.717, 1.165) is 0 Å². The molecule has 0 aromatic heterocycles. The summed E-state index contributed by atoms with van der Waals surface area (Å²) in [6.07, 6.45) is -0.506. The van der Waals surface area contributed by atoms with Crippen LogP contribution >= 0.6 is 11.6 Å². The molecular weight excluding hydrogens is 212 g/mol. The summed E-state index contributed by atoms with van der Waals surface area (Å²) in [5, 5.41) is 10.3. The van der Waals surface area contributed by atoms with Gasteiger partial charge in [-0.15, -0.1) is 0 Å². The third kappa shape index (κ3) is 3.73. The second-order valence-electron chi connectivity index (χ2n) is 4.62. The first-order valence-corrected chi connectivity index (χ1v) is 5.34. The molecule has 1 rings (SSSR count). The van der Waals surface area contributed by atoms with E-state index in [9.17, 15) is 5.11 Å². The van der Waals surface area contributed by atoms with Crippen molar-refractivity contribution < 1.29 is 9.84 Å². The predicted molar refractivity (Wildman–Crippen MR) is 62.4 cm³/mol. The van der Waals surface area contributed by atoms with Crippen molar-refractivity contribution >= 4 is 11.6 Å². The maximum Gasteiger partial charge on any atom is 0.138 e. The predicted octanol–water partition coefficient (Wildman–Crippen LogP) is 3.13. The maximum atomic E-state index is 9.77. The van der Waals surface area contributed by atoms with Gasteiger partial charge in [-0.3, -0.25) is 0 Å². The Morgan fingerprint density at radius 2 is 1.93 bits per heavy atom. The highest BCUT2D eigenvalue weighted by molar-refractivity contribution is 6.32. The Morgan fingerprint density at radius 3 is 2.47 bits per heavy atom. The number of hydrogen-bond donors (Lipinski definition) is 1. The van der Waals surface area contributed by atoms with Crippen molar-refractivity contribution in [3.8, 4) is 5.75 Å². The van der Waals surface area contributed by atoms with Gasteiger partial charge in [-0.25, -0.2) is 0 Å². The molecule has 1 unspecified atom stereocenters. The number of benzene rings is 1. The van der Waals surface area contributed by atoms with E-state index in [-0.39, 0.29) is 12.0 Å². The molecule has 0 aliphatic carbocycles. The Hall–Kier alpha value is -0.730. The molecule has 0 saturated carbocycles. The summed E-state index contributed by atoms with van der Waals surface area (Å²) in [4.78, 5) is 0. The number of ether oxygens (including phenoxy) is 1. The quantitative estimate of drug-likeness (QED) is 0.862. The molecular formula is C12H17ClO2. The van der Waals surface area contributed by atoms with Crippen LogP contribution in [0.5, 0.6) is 5.75 Å². The van der Waals surface area contributed by atoms with Gasteiger partial charge in [-0.1, -0.05) is 44.5 Å². The van der Waals surface area contributed by atoms with Crippen molar-refractivity contribution in [2.45, 2.75) is 26.9 Å². The molecule has 0 aliphatic heterocycles. The minimum absolute atomic E-state index is 0.179. The molecule has 0 spiro atoms. The molecule has 0 amide bonds. The van der Waals surface area contributed by atoms with Crippen molar-refractivity contribution in [1.29, 1.82) is 0 Å². The van der Waals surface area contributed by atoms with Crippen LogP contribution in [0.4, 0.5) is 0 Å². The number of aliphatic hydroxyl groups is 1. The fourth-order valence-corrected chi connectivity index (χ4v) is 1.17. The molecule has 0 fully saturated rings. The molecule has 0 bridgehead atoms. The number of aliphatic hydroxyl groups excluding tert-OH is 1. The Balaban J connectivity index is 2.55. The zero-order chi connectivity index (χ0) is 11.5. The second-order valence-corrected chi connectivity index (χ2v) is 5.03. The summed E-state index contributed by atoms with van der Waals surface area (Å²) >= 11 is 5.92. The van der Waals surface area contributed by atoms with Crippen molar-refractivity contribution in [3.63, 3.8) is 0 Å². The van der Waals surface area contributed by atoms with Crippen LogP contribution in [0.25, 0.3) is 0 Å². The van der Waals surface area contributed by atoms with E-state index in [2.05, 4.69) is 0 Å². The van der Waals surface area contributed by atoms with Crippen molar-refractivity contribution in [3.05, 3.63) is 29.3 Å². The summed E-state index contributed by atoms with van der Waals surface area (Å²) in [7, 11) is 0. The molecule has 15 heavy (non-hydrogen) atoms. The SMILES string of the molecule is CC(C)(C)C(O)COc1ccccc1Cl. The number of para-hydroxylation sites is 1. The van der Waals surface area contributed by atoms with E-state index in [1.807, 2.05) is 32.9 Å². The minimum Gasteiger partial charge on any atom is -0.489 e. The first-order valence-electron chi connectivity index (χ1n) is 4.96. The van der Waals surface area contributed by atoms with Gasteiger partial charge in [0.25, 0.3) is 0 Å². The standard InChI is InChI=1S/C12H17ClO2/c1-12(2,3)11(14)8-15-10-7-5-4-6-9(10)13/h4-7,11,14H,8H2,1-3H3. The van der Waals surface area contributed by atoms with Gasteiger partial charge in [0.15, 0.2) is 0 Å². The van der Waals surface area contributed by atoms with E-state index in [1.165, 1.54) is 0 Å². The van der Waals surface area contributed by atoms with E-state index >= 15 is 0 Å². The molecule has 0 heterocycles. The van der Waals surface area contributed by atoms with Gasteiger partial charge in [0.2, 0.25) is 0 Å². The lowest BCUT2D eigenvalue weighted by atomic mass is 9.90. The zero-order valence-corrected chi connectivity index (χ0v) is 10.1. The lowest BCUT2D eigenvalue weighted by molar-refractivity contribution is 0.0218. The van der Waals surface area contributed by atoms with E-state index < -0.39 is 6.10 Å². The van der Waals surface area contributed by atoms with E-state index in [0.29, 0.717) is 10.8 Å². The molecule has 84 valence electrons. The summed E-state index contributed by atoms with van der Waals surface area (Å²) in [6, 6.07) is 7.25. The van der Waals surface area contributed by atoms with Crippen LogP contribution < -0.4 is 4.74 Å². The number of rotatable bonds is 3. The lowest BCUT2D eigenvalue weighted by Crippen LogP contribution is -2.31. The number of hydrogen-bond acceptors (Lipinski definition) is 2. The van der Waals surface area contributed by atoms with Crippen LogP contribution in [-0.4, -0.2) is 17.8 Å². The Morgan fingerprint density at radius 1 is 1.33 bits per heavy atom. The Bertz CT molecular complexity index is 318. The summed E-state index contributed by atoms with van der Waals surface area (Å²) < 4.78 is 5.44. The van der Waals surface area contributed by atoms with Crippen LogP contribution in [0.3, 0.4) is 0 Å². The molecule has 0 aliphatic rings. The molecule has 0 saturated heterocycles. The van der Waals surface area contributed by atoms with Gasteiger partial charge in [-0.05, 0) is 17.5 Å². The lowest BCUT2D eigenvalue weighted by Gasteiger charge is -2.25. The summed E-state index contributed by atoms with van der Waals surface area (Å²) in [6.45, 7) is 6.15.